The number of carbonyl (C=O) groups excluding carboxylic acids is 1. The van der Waals surface area contributed by atoms with Crippen LogP contribution in [0.5, 0.6) is 0 Å². The molecule has 0 fully saturated rings. The molecule has 0 saturated heterocycles. The Morgan fingerprint density at radius 2 is 1.62 bits per heavy atom. The van der Waals surface area contributed by atoms with Gasteiger partial charge in [-0.1, -0.05) is 51.2 Å². The number of carbonyl (C=O) groups is 1. The molecule has 1 aromatic carbocycles. The summed E-state index contributed by atoms with van der Waals surface area (Å²) in [6.45, 7) is 3.28. The van der Waals surface area contributed by atoms with Crippen molar-refractivity contribution in [2.75, 3.05) is 26.0 Å². The summed E-state index contributed by atoms with van der Waals surface area (Å²) in [7, 11) is 3.58. The van der Waals surface area contributed by atoms with Crippen molar-refractivity contribution in [2.45, 2.75) is 51.9 Å². The molecule has 3 nitrogen and oxygen atoms in total. The van der Waals surface area contributed by atoms with Crippen LogP contribution < -0.4 is 5.32 Å². The summed E-state index contributed by atoms with van der Waals surface area (Å²) in [5.74, 6) is 0.141. The molecule has 0 unspecified atom stereocenters. The quantitative estimate of drug-likeness (QED) is 0.658. The number of unbranched alkanes of at least 4 members (excludes halogenated alkanes) is 5. The molecule has 0 radical (unpaired) electrons. The van der Waals surface area contributed by atoms with Gasteiger partial charge in [-0.3, -0.25) is 4.79 Å². The van der Waals surface area contributed by atoms with Gasteiger partial charge in [0, 0.05) is 26.3 Å². The van der Waals surface area contributed by atoms with Gasteiger partial charge in [0.25, 0.3) is 0 Å². The first-order chi connectivity index (χ1) is 10.1. The van der Waals surface area contributed by atoms with Gasteiger partial charge < -0.3 is 10.2 Å². The highest BCUT2D eigenvalue weighted by Crippen LogP contribution is 2.11. The standard InChI is InChI=1S/C18H30N2O/c1-4-5-6-7-8-9-14-19-17-12-10-16(11-13-17)15-18(21)20(2)3/h10-13,19H,4-9,14-15H2,1-3H3. The van der Waals surface area contributed by atoms with Crippen LogP contribution in [0.15, 0.2) is 24.3 Å². The van der Waals surface area contributed by atoms with Gasteiger partial charge in [-0.2, -0.15) is 0 Å². The fourth-order valence-electron chi connectivity index (χ4n) is 2.21. The summed E-state index contributed by atoms with van der Waals surface area (Å²) in [6, 6.07) is 8.20. The Morgan fingerprint density at radius 3 is 2.24 bits per heavy atom. The number of nitrogens with one attached hydrogen (secondary N) is 1. The van der Waals surface area contributed by atoms with Crippen LogP contribution in [0.3, 0.4) is 0 Å². The molecule has 0 atom stereocenters. The molecule has 0 aromatic heterocycles. The minimum absolute atomic E-state index is 0.141. The van der Waals surface area contributed by atoms with Gasteiger partial charge in [-0.05, 0) is 24.1 Å². The first kappa shape index (κ1) is 17.5. The highest BCUT2D eigenvalue weighted by Gasteiger charge is 2.05. The zero-order valence-corrected chi connectivity index (χ0v) is 13.8. The molecule has 1 rings (SSSR count). The molecule has 118 valence electrons. The highest BCUT2D eigenvalue weighted by atomic mass is 16.2. The lowest BCUT2D eigenvalue weighted by atomic mass is 10.1. The Balaban J connectivity index is 2.20. The maximum atomic E-state index is 11.6. The van der Waals surface area contributed by atoms with Gasteiger partial charge in [0.1, 0.15) is 0 Å². The molecule has 21 heavy (non-hydrogen) atoms. The Labute approximate surface area is 129 Å². The molecule has 3 heteroatoms. The highest BCUT2D eigenvalue weighted by molar-refractivity contribution is 5.78. The lowest BCUT2D eigenvalue weighted by Gasteiger charge is -2.11. The SMILES string of the molecule is CCCCCCCCNc1ccc(CC(=O)N(C)C)cc1. The number of amides is 1. The summed E-state index contributed by atoms with van der Waals surface area (Å²) in [4.78, 5) is 13.3. The number of hydrogen-bond donors (Lipinski definition) is 1. The Hall–Kier alpha value is -1.51. The predicted molar refractivity (Wildman–Crippen MR) is 90.7 cm³/mol. The van der Waals surface area contributed by atoms with Crippen LogP contribution in [0.2, 0.25) is 0 Å². The smallest absolute Gasteiger partial charge is 0.226 e. The number of nitrogens with zero attached hydrogens (tertiary/aromatic N) is 1. The Bertz CT molecular complexity index is 398. The monoisotopic (exact) mass is 290 g/mol. The van der Waals surface area contributed by atoms with Crippen molar-refractivity contribution in [1.82, 2.24) is 4.90 Å². The minimum Gasteiger partial charge on any atom is -0.385 e. The van der Waals surface area contributed by atoms with E-state index in [4.69, 9.17) is 0 Å². The van der Waals surface area contributed by atoms with Gasteiger partial charge >= 0.3 is 0 Å². The molecule has 1 aromatic rings. The van der Waals surface area contributed by atoms with E-state index < -0.39 is 0 Å². The second-order valence-corrected chi connectivity index (χ2v) is 5.86. The van der Waals surface area contributed by atoms with E-state index in [1.165, 1.54) is 38.5 Å². The van der Waals surface area contributed by atoms with Gasteiger partial charge in [0.05, 0.1) is 6.42 Å². The van der Waals surface area contributed by atoms with Crippen molar-refractivity contribution >= 4 is 11.6 Å². The zero-order valence-electron chi connectivity index (χ0n) is 13.8. The van der Waals surface area contributed by atoms with E-state index in [0.29, 0.717) is 6.42 Å². The molecule has 0 saturated carbocycles. The third-order valence-corrected chi connectivity index (χ3v) is 3.67. The van der Waals surface area contributed by atoms with Gasteiger partial charge in [0.15, 0.2) is 0 Å². The molecule has 0 spiro atoms. The second kappa shape index (κ2) is 10.3. The first-order valence-electron chi connectivity index (χ1n) is 8.16. The van der Waals surface area contributed by atoms with Gasteiger partial charge in [-0.15, -0.1) is 0 Å². The fourth-order valence-corrected chi connectivity index (χ4v) is 2.21. The molecule has 0 aliphatic rings. The van der Waals surface area contributed by atoms with Crippen LogP contribution in [-0.4, -0.2) is 31.4 Å². The van der Waals surface area contributed by atoms with Crippen LogP contribution in [0.1, 0.15) is 51.0 Å². The summed E-state index contributed by atoms with van der Waals surface area (Å²) in [5, 5.41) is 3.44. The molecule has 1 amide bonds. The van der Waals surface area contributed by atoms with Crippen LogP contribution in [0.25, 0.3) is 0 Å². The number of benzene rings is 1. The molecule has 0 aliphatic carbocycles. The minimum atomic E-state index is 0.141. The fraction of sp³-hybridized carbons (Fsp3) is 0.611. The third kappa shape index (κ3) is 7.74. The average molecular weight is 290 g/mol. The van der Waals surface area contributed by atoms with E-state index in [1.54, 1.807) is 19.0 Å². The van der Waals surface area contributed by atoms with Crippen LogP contribution >= 0.6 is 0 Å². The number of hydrogen-bond acceptors (Lipinski definition) is 2. The van der Waals surface area contributed by atoms with Crippen molar-refractivity contribution in [2.24, 2.45) is 0 Å². The van der Waals surface area contributed by atoms with E-state index in [1.807, 2.05) is 12.1 Å². The second-order valence-electron chi connectivity index (χ2n) is 5.86. The maximum Gasteiger partial charge on any atom is 0.226 e. The predicted octanol–water partition coefficient (Wildman–Crippen LogP) is 4.09. The topological polar surface area (TPSA) is 32.3 Å². The Kier molecular flexibility index (Phi) is 8.56. The maximum absolute atomic E-state index is 11.6. The van der Waals surface area contributed by atoms with Crippen molar-refractivity contribution in [1.29, 1.82) is 0 Å². The zero-order chi connectivity index (χ0) is 15.5. The van der Waals surface area contributed by atoms with Crippen molar-refractivity contribution in [3.05, 3.63) is 29.8 Å². The van der Waals surface area contributed by atoms with E-state index in [0.717, 1.165) is 17.8 Å². The number of rotatable bonds is 10. The Morgan fingerprint density at radius 1 is 1.00 bits per heavy atom. The summed E-state index contributed by atoms with van der Waals surface area (Å²) < 4.78 is 0. The summed E-state index contributed by atoms with van der Waals surface area (Å²) in [5.41, 5.74) is 2.21. The molecular formula is C18H30N2O. The van der Waals surface area contributed by atoms with Crippen molar-refractivity contribution in [3.8, 4) is 0 Å². The van der Waals surface area contributed by atoms with E-state index in [-0.39, 0.29) is 5.91 Å². The van der Waals surface area contributed by atoms with Crippen LogP contribution in [0.4, 0.5) is 5.69 Å². The van der Waals surface area contributed by atoms with E-state index in [2.05, 4.69) is 24.4 Å². The molecule has 0 bridgehead atoms. The number of likely N-dealkylation sites (N-methyl/N-ethyl adjacent to an activating group) is 1. The average Bonchev–Trinajstić information content (AvgIpc) is 2.48. The lowest BCUT2D eigenvalue weighted by molar-refractivity contribution is -0.127. The normalized spacial score (nSPS) is 10.4. The van der Waals surface area contributed by atoms with Crippen LogP contribution in [-0.2, 0) is 11.2 Å². The summed E-state index contributed by atoms with van der Waals surface area (Å²) in [6.07, 6.45) is 8.39. The number of anilines is 1. The van der Waals surface area contributed by atoms with E-state index >= 15 is 0 Å². The van der Waals surface area contributed by atoms with Gasteiger partial charge in [-0.25, -0.2) is 0 Å². The lowest BCUT2D eigenvalue weighted by Crippen LogP contribution is -2.23. The third-order valence-electron chi connectivity index (χ3n) is 3.67. The van der Waals surface area contributed by atoms with Gasteiger partial charge in [0.2, 0.25) is 5.91 Å². The summed E-state index contributed by atoms with van der Waals surface area (Å²) >= 11 is 0. The largest absolute Gasteiger partial charge is 0.385 e. The molecule has 0 aliphatic heterocycles. The van der Waals surface area contributed by atoms with E-state index in [9.17, 15) is 4.79 Å². The first-order valence-corrected chi connectivity index (χ1v) is 8.16. The van der Waals surface area contributed by atoms with Crippen LogP contribution in [0, 0.1) is 0 Å². The molecule has 1 N–H and O–H groups in total. The molecular weight excluding hydrogens is 260 g/mol. The van der Waals surface area contributed by atoms with Crippen molar-refractivity contribution < 1.29 is 4.79 Å². The molecule has 0 heterocycles. The van der Waals surface area contributed by atoms with Crippen molar-refractivity contribution in [3.63, 3.8) is 0 Å².